The third kappa shape index (κ3) is 3.32. The number of amides is 2. The number of nitrogens with one attached hydrogen (secondary N) is 1. The predicted octanol–water partition coefficient (Wildman–Crippen LogP) is 2.60. The van der Waals surface area contributed by atoms with Crippen LogP contribution in [0, 0.1) is 18.8 Å². The zero-order valence-electron chi connectivity index (χ0n) is 13.2. The lowest BCUT2D eigenvalue weighted by Gasteiger charge is -2.32. The number of aromatic nitrogens is 1. The average molecular weight is 321 g/mol. The van der Waals surface area contributed by atoms with Gasteiger partial charge in [-0.15, -0.1) is 11.3 Å². The van der Waals surface area contributed by atoms with E-state index < -0.39 is 0 Å². The molecule has 6 heteroatoms. The summed E-state index contributed by atoms with van der Waals surface area (Å²) in [7, 11) is 0. The number of likely N-dealkylation sites (tertiary alicyclic amines) is 1. The second-order valence-corrected chi connectivity index (χ2v) is 7.47. The summed E-state index contributed by atoms with van der Waals surface area (Å²) < 4.78 is 0. The SMILES string of the molecule is CCc1nc(NC(=O)[C@@H]2CCCN(C(=O)C3CC3)C2)sc1C. The van der Waals surface area contributed by atoms with Crippen LogP contribution in [0.2, 0.25) is 0 Å². The molecule has 1 atom stereocenters. The Kier molecular flexibility index (Phi) is 4.47. The van der Waals surface area contributed by atoms with Crippen molar-refractivity contribution in [3.63, 3.8) is 0 Å². The first-order valence-electron chi connectivity index (χ1n) is 8.14. The van der Waals surface area contributed by atoms with Crippen molar-refractivity contribution in [3.05, 3.63) is 10.6 Å². The maximum atomic E-state index is 12.4. The minimum absolute atomic E-state index is 0.00435. The first-order chi connectivity index (χ1) is 10.6. The highest BCUT2D eigenvalue weighted by atomic mass is 32.1. The molecule has 1 N–H and O–H groups in total. The lowest BCUT2D eigenvalue weighted by atomic mass is 9.97. The average Bonchev–Trinajstić information content (AvgIpc) is 3.31. The molecule has 2 aliphatic rings. The molecule has 0 radical (unpaired) electrons. The highest BCUT2D eigenvalue weighted by Gasteiger charge is 2.36. The standard InChI is InChI=1S/C16H23N3O2S/c1-3-13-10(2)22-16(17-13)18-14(20)12-5-4-8-19(9-12)15(21)11-6-7-11/h11-12H,3-9H2,1-2H3,(H,17,18,20)/t12-/m1/s1. The number of carbonyl (C=O) groups excluding carboxylic acids is 2. The quantitative estimate of drug-likeness (QED) is 0.927. The molecule has 5 nitrogen and oxygen atoms in total. The number of carbonyl (C=O) groups is 2. The van der Waals surface area contributed by atoms with E-state index in [1.807, 2.05) is 11.8 Å². The highest BCUT2D eigenvalue weighted by Crippen LogP contribution is 2.32. The number of nitrogens with zero attached hydrogens (tertiary/aromatic N) is 2. The molecule has 1 aromatic heterocycles. The molecule has 2 heterocycles. The number of anilines is 1. The summed E-state index contributed by atoms with van der Waals surface area (Å²) in [6.45, 7) is 5.46. The topological polar surface area (TPSA) is 62.3 Å². The third-order valence-electron chi connectivity index (χ3n) is 4.49. The van der Waals surface area contributed by atoms with Crippen molar-refractivity contribution in [2.75, 3.05) is 18.4 Å². The molecule has 3 rings (SSSR count). The van der Waals surface area contributed by atoms with Crippen LogP contribution in [0.5, 0.6) is 0 Å². The Balaban J connectivity index is 1.60. The second kappa shape index (κ2) is 6.36. The summed E-state index contributed by atoms with van der Waals surface area (Å²) in [5, 5.41) is 3.63. The number of hydrogen-bond donors (Lipinski definition) is 1. The van der Waals surface area contributed by atoms with Gasteiger partial charge >= 0.3 is 0 Å². The van der Waals surface area contributed by atoms with Crippen molar-refractivity contribution < 1.29 is 9.59 Å². The Bertz CT molecular complexity index is 580. The molecule has 1 saturated heterocycles. The number of thiazole rings is 1. The molecule has 1 aliphatic carbocycles. The summed E-state index contributed by atoms with van der Waals surface area (Å²) in [6, 6.07) is 0. The van der Waals surface area contributed by atoms with Crippen LogP contribution < -0.4 is 5.32 Å². The summed E-state index contributed by atoms with van der Waals surface area (Å²) in [5.41, 5.74) is 1.05. The van der Waals surface area contributed by atoms with Crippen molar-refractivity contribution in [2.45, 2.75) is 46.0 Å². The first kappa shape index (κ1) is 15.5. The fourth-order valence-corrected chi connectivity index (χ4v) is 3.90. The molecule has 120 valence electrons. The van der Waals surface area contributed by atoms with E-state index in [1.165, 1.54) is 11.3 Å². The van der Waals surface area contributed by atoms with Crippen molar-refractivity contribution >= 4 is 28.3 Å². The van der Waals surface area contributed by atoms with Gasteiger partial charge in [-0.05, 0) is 39.0 Å². The Hall–Kier alpha value is -1.43. The minimum Gasteiger partial charge on any atom is -0.342 e. The molecule has 0 aromatic carbocycles. The number of rotatable bonds is 4. The first-order valence-corrected chi connectivity index (χ1v) is 8.96. The Morgan fingerprint density at radius 1 is 1.32 bits per heavy atom. The fraction of sp³-hybridized carbons (Fsp3) is 0.688. The van der Waals surface area contributed by atoms with Gasteiger partial charge < -0.3 is 10.2 Å². The molecule has 22 heavy (non-hydrogen) atoms. The van der Waals surface area contributed by atoms with Gasteiger partial charge in [-0.3, -0.25) is 9.59 Å². The van der Waals surface area contributed by atoms with Crippen LogP contribution in [0.1, 0.15) is 43.2 Å². The van der Waals surface area contributed by atoms with Crippen molar-refractivity contribution in [2.24, 2.45) is 11.8 Å². The predicted molar refractivity (Wildman–Crippen MR) is 86.9 cm³/mol. The van der Waals surface area contributed by atoms with E-state index in [1.54, 1.807) is 0 Å². The Labute approximate surface area is 135 Å². The normalized spacial score (nSPS) is 21.7. The van der Waals surface area contributed by atoms with E-state index in [4.69, 9.17) is 0 Å². The maximum absolute atomic E-state index is 12.4. The molecule has 0 unspecified atom stereocenters. The van der Waals surface area contributed by atoms with E-state index >= 15 is 0 Å². The van der Waals surface area contributed by atoms with E-state index in [0.29, 0.717) is 11.7 Å². The molecule has 0 bridgehead atoms. The monoisotopic (exact) mass is 321 g/mol. The smallest absolute Gasteiger partial charge is 0.231 e. The third-order valence-corrected chi connectivity index (χ3v) is 5.42. The van der Waals surface area contributed by atoms with Gasteiger partial charge in [0.15, 0.2) is 5.13 Å². The molecule has 1 aliphatic heterocycles. The molecule has 2 fully saturated rings. The minimum atomic E-state index is -0.106. The lowest BCUT2D eigenvalue weighted by molar-refractivity contribution is -0.135. The van der Waals surface area contributed by atoms with Crippen LogP contribution in [-0.2, 0) is 16.0 Å². The zero-order valence-corrected chi connectivity index (χ0v) is 14.0. The molecular formula is C16H23N3O2S. The van der Waals surface area contributed by atoms with Crippen LogP contribution >= 0.6 is 11.3 Å². The van der Waals surface area contributed by atoms with Gasteiger partial charge in [0.25, 0.3) is 0 Å². The molecular weight excluding hydrogens is 298 g/mol. The molecule has 2 amide bonds. The molecule has 1 aromatic rings. The van der Waals surface area contributed by atoms with Gasteiger partial charge in [0.1, 0.15) is 0 Å². The fourth-order valence-electron chi connectivity index (χ4n) is 3.00. The zero-order chi connectivity index (χ0) is 15.7. The molecule has 1 saturated carbocycles. The lowest BCUT2D eigenvalue weighted by Crippen LogP contribution is -2.44. The van der Waals surface area contributed by atoms with E-state index in [2.05, 4.69) is 17.2 Å². The van der Waals surface area contributed by atoms with Gasteiger partial charge in [-0.2, -0.15) is 0 Å². The van der Waals surface area contributed by atoms with Gasteiger partial charge in [-0.25, -0.2) is 4.98 Å². The summed E-state index contributed by atoms with van der Waals surface area (Å²) >= 11 is 1.53. The number of aryl methyl sites for hydroxylation is 2. The van der Waals surface area contributed by atoms with Crippen LogP contribution in [0.4, 0.5) is 5.13 Å². The van der Waals surface area contributed by atoms with Gasteiger partial charge in [0, 0.05) is 23.9 Å². The number of hydrogen-bond acceptors (Lipinski definition) is 4. The van der Waals surface area contributed by atoms with Crippen molar-refractivity contribution in [1.29, 1.82) is 0 Å². The van der Waals surface area contributed by atoms with Crippen LogP contribution in [0.3, 0.4) is 0 Å². The van der Waals surface area contributed by atoms with Crippen LogP contribution in [0.15, 0.2) is 0 Å². The van der Waals surface area contributed by atoms with Crippen molar-refractivity contribution in [3.8, 4) is 0 Å². The second-order valence-electron chi connectivity index (χ2n) is 6.26. The van der Waals surface area contributed by atoms with Gasteiger partial charge in [0.05, 0.1) is 11.6 Å². The largest absolute Gasteiger partial charge is 0.342 e. The highest BCUT2D eigenvalue weighted by molar-refractivity contribution is 7.15. The Morgan fingerprint density at radius 2 is 2.09 bits per heavy atom. The Morgan fingerprint density at radius 3 is 2.73 bits per heavy atom. The van der Waals surface area contributed by atoms with Crippen molar-refractivity contribution in [1.82, 2.24) is 9.88 Å². The number of piperidine rings is 1. The summed E-state index contributed by atoms with van der Waals surface area (Å²) in [6.07, 6.45) is 4.68. The van der Waals surface area contributed by atoms with Crippen LogP contribution in [-0.4, -0.2) is 34.8 Å². The summed E-state index contributed by atoms with van der Waals surface area (Å²) in [4.78, 5) is 32.1. The van der Waals surface area contributed by atoms with E-state index in [9.17, 15) is 9.59 Å². The summed E-state index contributed by atoms with van der Waals surface area (Å²) in [5.74, 6) is 0.377. The van der Waals surface area contributed by atoms with E-state index in [-0.39, 0.29) is 23.7 Å². The van der Waals surface area contributed by atoms with E-state index in [0.717, 1.165) is 49.2 Å². The molecule has 0 spiro atoms. The van der Waals surface area contributed by atoms with Gasteiger partial charge in [-0.1, -0.05) is 6.92 Å². The maximum Gasteiger partial charge on any atom is 0.231 e. The van der Waals surface area contributed by atoms with Gasteiger partial charge in [0.2, 0.25) is 11.8 Å². The van der Waals surface area contributed by atoms with Crippen LogP contribution in [0.25, 0.3) is 0 Å².